The number of aliphatic hydroxyl groups is 2. The first-order valence-corrected chi connectivity index (χ1v) is 5.41. The van der Waals surface area contributed by atoms with Gasteiger partial charge in [0.25, 0.3) is 0 Å². The highest BCUT2D eigenvalue weighted by Crippen LogP contribution is 2.54. The van der Waals surface area contributed by atoms with Gasteiger partial charge in [-0.15, -0.1) is 0 Å². The number of halogens is 9. The van der Waals surface area contributed by atoms with Gasteiger partial charge in [-0.3, -0.25) is 0 Å². The fraction of sp³-hybridized carbons (Fsp3) is 1.00. The zero-order valence-electron chi connectivity index (χ0n) is 10.1. The Bertz CT molecular complexity index is 397. The number of nitrogens with one attached hydrogen (secondary N) is 1. The largest absolute Gasteiger partial charge is 0.460 e. The Kier molecular flexibility index (Phi) is 4.25. The summed E-state index contributed by atoms with van der Waals surface area (Å²) >= 11 is 0. The molecule has 1 aliphatic heterocycles. The van der Waals surface area contributed by atoms with Crippen LogP contribution >= 0.6 is 0 Å². The summed E-state index contributed by atoms with van der Waals surface area (Å²) < 4.78 is 114. The van der Waals surface area contributed by atoms with E-state index in [0.29, 0.717) is 0 Å². The first-order chi connectivity index (χ1) is 9.09. The van der Waals surface area contributed by atoms with Crippen molar-refractivity contribution in [2.24, 2.45) is 0 Å². The first kappa shape index (κ1) is 18.3. The van der Waals surface area contributed by atoms with E-state index in [-0.39, 0.29) is 0 Å². The number of alkyl halides is 9. The van der Waals surface area contributed by atoms with Crippen LogP contribution in [0.25, 0.3) is 0 Å². The molecule has 0 bridgehead atoms. The average Bonchev–Trinajstić information content (AvgIpc) is 2.55. The fourth-order valence-corrected chi connectivity index (χ4v) is 1.88. The van der Waals surface area contributed by atoms with Crippen molar-refractivity contribution in [3.05, 3.63) is 0 Å². The van der Waals surface area contributed by atoms with E-state index in [2.05, 4.69) is 0 Å². The lowest BCUT2D eigenvalue weighted by Crippen LogP contribution is -2.67. The van der Waals surface area contributed by atoms with Crippen molar-refractivity contribution in [2.75, 3.05) is 0 Å². The van der Waals surface area contributed by atoms with E-state index in [4.69, 9.17) is 10.2 Å². The topological polar surface area (TPSA) is 52.5 Å². The molecule has 0 spiro atoms. The molecule has 0 unspecified atom stereocenters. The summed E-state index contributed by atoms with van der Waals surface area (Å²) in [6, 6.07) is -4.59. The molecule has 1 rings (SSSR count). The van der Waals surface area contributed by atoms with Crippen LogP contribution in [0.5, 0.6) is 0 Å². The minimum Gasteiger partial charge on any atom is -0.389 e. The van der Waals surface area contributed by atoms with Crippen LogP contribution in [0.2, 0.25) is 0 Å². The summed E-state index contributed by atoms with van der Waals surface area (Å²) in [5.74, 6) is -19.8. The van der Waals surface area contributed by atoms with Crippen molar-refractivity contribution in [1.82, 2.24) is 5.32 Å². The molecule has 0 aromatic rings. The average molecular weight is 335 g/mol. The first-order valence-electron chi connectivity index (χ1n) is 5.41. The van der Waals surface area contributed by atoms with Gasteiger partial charge in [0.2, 0.25) is 0 Å². The Morgan fingerprint density at radius 3 is 1.48 bits per heavy atom. The van der Waals surface area contributed by atoms with Gasteiger partial charge in [0.15, 0.2) is 0 Å². The molecule has 1 heterocycles. The Labute approximate surface area is 111 Å². The molecular weight excluding hydrogens is 325 g/mol. The molecule has 3 nitrogen and oxygen atoms in total. The van der Waals surface area contributed by atoms with E-state index < -0.39 is 48.2 Å². The van der Waals surface area contributed by atoms with Crippen molar-refractivity contribution >= 4 is 0 Å². The Balaban J connectivity index is 3.23. The molecule has 0 aromatic carbocycles. The molecule has 0 aliphatic carbocycles. The van der Waals surface area contributed by atoms with Crippen molar-refractivity contribution in [3.63, 3.8) is 0 Å². The van der Waals surface area contributed by atoms with Crippen molar-refractivity contribution in [1.29, 1.82) is 0 Å². The molecule has 0 aromatic heterocycles. The maximum Gasteiger partial charge on any atom is 0.460 e. The predicted octanol–water partition coefficient (Wildman–Crippen LogP) is 1.54. The fourth-order valence-electron chi connectivity index (χ4n) is 1.88. The third kappa shape index (κ3) is 2.46. The third-order valence-corrected chi connectivity index (χ3v) is 3.21. The normalized spacial score (nSPS) is 32.6. The van der Waals surface area contributed by atoms with Crippen LogP contribution in [0.4, 0.5) is 39.5 Å². The Morgan fingerprint density at radius 1 is 0.762 bits per heavy atom. The summed E-state index contributed by atoms with van der Waals surface area (Å²) in [6.07, 6.45) is -11.6. The molecule has 1 saturated heterocycles. The van der Waals surface area contributed by atoms with Gasteiger partial charge in [0.1, 0.15) is 12.1 Å². The van der Waals surface area contributed by atoms with Gasteiger partial charge in [-0.2, -0.15) is 39.5 Å². The van der Waals surface area contributed by atoms with Crippen LogP contribution in [0.3, 0.4) is 0 Å². The summed E-state index contributed by atoms with van der Waals surface area (Å²) in [5.41, 5.74) is 0. The Hall–Kier alpha value is -0.750. The van der Waals surface area contributed by atoms with Crippen LogP contribution in [-0.4, -0.2) is 58.4 Å². The lowest BCUT2D eigenvalue weighted by Gasteiger charge is -2.37. The highest BCUT2D eigenvalue weighted by molar-refractivity contribution is 5.11. The maximum absolute atomic E-state index is 13.5. The summed E-state index contributed by atoms with van der Waals surface area (Å²) in [5, 5.41) is 19.8. The van der Waals surface area contributed by atoms with E-state index in [1.54, 1.807) is 0 Å². The van der Waals surface area contributed by atoms with Crippen LogP contribution < -0.4 is 5.32 Å². The van der Waals surface area contributed by atoms with Crippen LogP contribution in [0, 0.1) is 0 Å². The van der Waals surface area contributed by atoms with E-state index in [1.807, 2.05) is 0 Å². The highest BCUT2D eigenvalue weighted by Gasteiger charge is 2.84. The van der Waals surface area contributed by atoms with Crippen molar-refractivity contribution in [3.8, 4) is 0 Å². The number of hydrogen-bond acceptors (Lipinski definition) is 3. The molecule has 0 radical (unpaired) electrons. The molecular formula is C9H10F9NO2. The van der Waals surface area contributed by atoms with Crippen LogP contribution in [-0.2, 0) is 0 Å². The monoisotopic (exact) mass is 335 g/mol. The molecule has 0 saturated carbocycles. The minimum absolute atomic E-state index is 0.948. The molecule has 21 heavy (non-hydrogen) atoms. The summed E-state index contributed by atoms with van der Waals surface area (Å²) in [6.45, 7) is 0.948. The second-order valence-corrected chi connectivity index (χ2v) is 4.68. The second kappa shape index (κ2) is 4.88. The standard InChI is InChI=1S/C9H10F9NO2/c1-2-3(20)4(21)5(19-2)6(10,11)7(12,13)8(14,15)9(16,17)18/h2-5,19-21H,1H3/t2-,3+,4+,5+/m0/s1. The zero-order chi connectivity index (χ0) is 17.0. The minimum atomic E-state index is -7.03. The van der Waals surface area contributed by atoms with E-state index in [1.165, 1.54) is 5.32 Å². The van der Waals surface area contributed by atoms with E-state index in [0.717, 1.165) is 6.92 Å². The molecule has 12 heteroatoms. The Morgan fingerprint density at radius 2 is 1.19 bits per heavy atom. The lowest BCUT2D eigenvalue weighted by molar-refractivity contribution is -0.400. The smallest absolute Gasteiger partial charge is 0.389 e. The SMILES string of the molecule is C[C@@H]1N[C@@H](C(F)(F)C(F)(F)C(F)(F)C(F)(F)F)[C@H](O)[C@@H]1O. The number of hydrogen-bond donors (Lipinski definition) is 3. The van der Waals surface area contributed by atoms with Gasteiger partial charge >= 0.3 is 23.9 Å². The number of rotatable bonds is 3. The van der Waals surface area contributed by atoms with Crippen LogP contribution in [0.1, 0.15) is 6.92 Å². The van der Waals surface area contributed by atoms with Gasteiger partial charge in [-0.1, -0.05) is 0 Å². The summed E-state index contributed by atoms with van der Waals surface area (Å²) in [7, 11) is 0. The maximum atomic E-state index is 13.5. The summed E-state index contributed by atoms with van der Waals surface area (Å²) in [4.78, 5) is 0. The predicted molar refractivity (Wildman–Crippen MR) is 49.3 cm³/mol. The van der Waals surface area contributed by atoms with Gasteiger partial charge in [0.05, 0.1) is 6.10 Å². The molecule has 4 atom stereocenters. The van der Waals surface area contributed by atoms with Crippen molar-refractivity contribution in [2.45, 2.75) is 55.2 Å². The second-order valence-electron chi connectivity index (χ2n) is 4.68. The lowest BCUT2D eigenvalue weighted by atomic mass is 9.94. The molecule has 1 aliphatic rings. The van der Waals surface area contributed by atoms with Gasteiger partial charge in [-0.25, -0.2) is 0 Å². The van der Waals surface area contributed by atoms with E-state index >= 15 is 0 Å². The number of aliphatic hydroxyl groups excluding tert-OH is 2. The third-order valence-electron chi connectivity index (χ3n) is 3.21. The van der Waals surface area contributed by atoms with Crippen LogP contribution in [0.15, 0.2) is 0 Å². The van der Waals surface area contributed by atoms with E-state index in [9.17, 15) is 39.5 Å². The quantitative estimate of drug-likeness (QED) is 0.686. The highest BCUT2D eigenvalue weighted by atomic mass is 19.4. The zero-order valence-corrected chi connectivity index (χ0v) is 10.1. The molecule has 1 fully saturated rings. The van der Waals surface area contributed by atoms with Gasteiger partial charge in [0, 0.05) is 6.04 Å². The molecule has 3 N–H and O–H groups in total. The molecule has 126 valence electrons. The molecule has 0 amide bonds. The van der Waals surface area contributed by atoms with Crippen molar-refractivity contribution < 1.29 is 49.7 Å². The van der Waals surface area contributed by atoms with Gasteiger partial charge < -0.3 is 15.5 Å². The van der Waals surface area contributed by atoms with Gasteiger partial charge in [-0.05, 0) is 6.92 Å².